The predicted molar refractivity (Wildman–Crippen MR) is 117 cm³/mol. The van der Waals surface area contributed by atoms with Crippen molar-refractivity contribution in [2.75, 3.05) is 5.32 Å². The van der Waals surface area contributed by atoms with Gasteiger partial charge in [-0.3, -0.25) is 10.1 Å². The minimum atomic E-state index is -0.585. The van der Waals surface area contributed by atoms with E-state index < -0.39 is 28.2 Å². The first kappa shape index (κ1) is 22.6. The number of benzene rings is 1. The quantitative estimate of drug-likeness (QED) is 0.667. The van der Waals surface area contributed by atoms with Crippen molar-refractivity contribution in [1.82, 2.24) is 0 Å². The molecule has 30 heavy (non-hydrogen) atoms. The Morgan fingerprint density at radius 3 is 2.10 bits per heavy atom. The molecule has 3 fully saturated rings. The molecule has 0 heterocycles. The summed E-state index contributed by atoms with van der Waals surface area (Å²) in [5.74, 6) is -0.169. The fourth-order valence-corrected chi connectivity index (χ4v) is 4.76. The summed E-state index contributed by atoms with van der Waals surface area (Å²) < 4.78 is 11.2. The van der Waals surface area contributed by atoms with E-state index in [-0.39, 0.29) is 11.9 Å². The van der Waals surface area contributed by atoms with Crippen molar-refractivity contribution in [3.63, 3.8) is 0 Å². The van der Waals surface area contributed by atoms with Gasteiger partial charge in [-0.05, 0) is 85.3 Å². The first-order valence-corrected chi connectivity index (χ1v) is 10.8. The third-order valence-corrected chi connectivity index (χ3v) is 6.23. The van der Waals surface area contributed by atoms with Crippen molar-refractivity contribution in [2.45, 2.75) is 96.3 Å². The molecule has 0 aliphatic heterocycles. The van der Waals surface area contributed by atoms with Crippen molar-refractivity contribution in [3.05, 3.63) is 29.8 Å². The number of nitrogens with two attached hydrogens (primary N) is 1. The highest BCUT2D eigenvalue weighted by atomic mass is 16.6. The molecule has 3 aliphatic rings. The van der Waals surface area contributed by atoms with E-state index in [9.17, 15) is 9.59 Å². The number of fused-ring (bicyclic) bond motifs is 3. The number of rotatable bonds is 3. The number of anilines is 1. The molecule has 3 N–H and O–H groups in total. The molecule has 1 unspecified atom stereocenters. The van der Waals surface area contributed by atoms with Gasteiger partial charge in [-0.25, -0.2) is 4.79 Å². The third kappa shape index (κ3) is 4.80. The Morgan fingerprint density at radius 1 is 0.967 bits per heavy atom. The number of nitrogens with one attached hydrogen (secondary N) is 1. The van der Waals surface area contributed by atoms with Gasteiger partial charge < -0.3 is 15.2 Å². The molecule has 0 radical (unpaired) electrons. The first-order valence-electron chi connectivity index (χ1n) is 10.8. The lowest BCUT2D eigenvalue weighted by Gasteiger charge is -2.55. The van der Waals surface area contributed by atoms with Crippen LogP contribution in [0.15, 0.2) is 24.3 Å². The molecule has 1 aromatic carbocycles. The SMILES string of the molecule is CC(C)(C)OC(=O)Nc1ccccc1C1CC2(C(=O)OC(C)(C)C)CCC1(N)CC2. The van der Waals surface area contributed by atoms with Crippen molar-refractivity contribution < 1.29 is 19.1 Å². The molecule has 4 rings (SSSR count). The van der Waals surface area contributed by atoms with Gasteiger partial charge in [0.15, 0.2) is 0 Å². The molecule has 1 atom stereocenters. The maximum atomic E-state index is 13.1. The zero-order valence-electron chi connectivity index (χ0n) is 19.1. The van der Waals surface area contributed by atoms with Crippen LogP contribution in [0.25, 0.3) is 0 Å². The molecule has 3 aliphatic carbocycles. The Kier molecular flexibility index (Phi) is 5.69. The van der Waals surface area contributed by atoms with E-state index >= 15 is 0 Å². The van der Waals surface area contributed by atoms with Crippen LogP contribution >= 0.6 is 0 Å². The Morgan fingerprint density at radius 2 is 1.53 bits per heavy atom. The second-order valence-corrected chi connectivity index (χ2v) is 11.0. The molecule has 0 spiro atoms. The number of carbonyl (C=O) groups excluding carboxylic acids is 2. The molecular formula is C24H36N2O4. The molecule has 2 bridgehead atoms. The highest BCUT2D eigenvalue weighted by molar-refractivity contribution is 5.86. The topological polar surface area (TPSA) is 90.6 Å². The molecule has 3 saturated carbocycles. The molecule has 6 nitrogen and oxygen atoms in total. The number of hydrogen-bond acceptors (Lipinski definition) is 5. The Hall–Kier alpha value is -2.08. The lowest BCUT2D eigenvalue weighted by atomic mass is 9.51. The molecule has 6 heteroatoms. The van der Waals surface area contributed by atoms with Gasteiger partial charge in [-0.1, -0.05) is 18.2 Å². The molecule has 1 amide bonds. The fourth-order valence-electron chi connectivity index (χ4n) is 4.76. The maximum Gasteiger partial charge on any atom is 0.412 e. The standard InChI is InChI=1S/C24H36N2O4/c1-21(2,3)29-19(27)23-11-13-24(25,14-12-23)17(15-23)16-9-7-8-10-18(16)26-20(28)30-22(4,5)6/h7-10,17H,11-15,25H2,1-6H3,(H,26,28). The molecular weight excluding hydrogens is 380 g/mol. The number of para-hydroxylation sites is 1. The van der Waals surface area contributed by atoms with Crippen LogP contribution in [-0.4, -0.2) is 28.8 Å². The molecule has 1 aromatic rings. The van der Waals surface area contributed by atoms with Gasteiger partial charge in [0.05, 0.1) is 5.41 Å². The van der Waals surface area contributed by atoms with Crippen molar-refractivity contribution in [1.29, 1.82) is 0 Å². The van der Waals surface area contributed by atoms with Crippen LogP contribution < -0.4 is 11.1 Å². The van der Waals surface area contributed by atoms with Crippen LogP contribution in [0, 0.1) is 5.41 Å². The zero-order chi connectivity index (χ0) is 22.4. The summed E-state index contributed by atoms with van der Waals surface area (Å²) in [4.78, 5) is 25.5. The highest BCUT2D eigenvalue weighted by Gasteiger charge is 2.57. The van der Waals surface area contributed by atoms with E-state index in [1.807, 2.05) is 65.8 Å². The largest absolute Gasteiger partial charge is 0.460 e. The third-order valence-electron chi connectivity index (χ3n) is 6.23. The van der Waals surface area contributed by atoms with Gasteiger partial charge in [-0.2, -0.15) is 0 Å². The average Bonchev–Trinajstić information content (AvgIpc) is 2.59. The summed E-state index contributed by atoms with van der Waals surface area (Å²) in [6.07, 6.45) is 3.15. The highest BCUT2D eigenvalue weighted by Crippen LogP contribution is 2.59. The van der Waals surface area contributed by atoms with Crippen LogP contribution in [-0.2, 0) is 14.3 Å². The number of amides is 1. The first-order chi connectivity index (χ1) is 13.7. The van der Waals surface area contributed by atoms with Crippen LogP contribution in [0.4, 0.5) is 10.5 Å². The van der Waals surface area contributed by atoms with E-state index in [2.05, 4.69) is 5.32 Å². The summed E-state index contributed by atoms with van der Waals surface area (Å²) in [5, 5.41) is 2.89. The van der Waals surface area contributed by atoms with Crippen LogP contribution in [0.2, 0.25) is 0 Å². The molecule has 0 saturated heterocycles. The summed E-state index contributed by atoms with van der Waals surface area (Å²) in [6.45, 7) is 11.2. The van der Waals surface area contributed by atoms with Gasteiger partial charge >= 0.3 is 12.1 Å². The zero-order valence-corrected chi connectivity index (χ0v) is 19.1. The Bertz CT molecular complexity index is 811. The van der Waals surface area contributed by atoms with Gasteiger partial charge in [0.25, 0.3) is 0 Å². The lowest BCUT2D eigenvalue weighted by Crippen LogP contribution is -2.59. The second kappa shape index (κ2) is 7.56. The number of esters is 1. The van der Waals surface area contributed by atoms with Gasteiger partial charge in [0.2, 0.25) is 0 Å². The van der Waals surface area contributed by atoms with E-state index in [4.69, 9.17) is 15.2 Å². The number of hydrogen-bond donors (Lipinski definition) is 2. The van der Waals surface area contributed by atoms with Crippen LogP contribution in [0.5, 0.6) is 0 Å². The van der Waals surface area contributed by atoms with E-state index in [0.717, 1.165) is 31.2 Å². The molecule has 0 aromatic heterocycles. The van der Waals surface area contributed by atoms with Crippen molar-refractivity contribution >= 4 is 17.7 Å². The van der Waals surface area contributed by atoms with Crippen LogP contribution in [0.1, 0.15) is 85.1 Å². The normalized spacial score (nSPS) is 28.7. The van der Waals surface area contributed by atoms with Gasteiger partial charge in [0, 0.05) is 17.1 Å². The summed E-state index contributed by atoms with van der Waals surface area (Å²) >= 11 is 0. The summed E-state index contributed by atoms with van der Waals surface area (Å²) in [7, 11) is 0. The van der Waals surface area contributed by atoms with E-state index in [1.54, 1.807) is 0 Å². The Labute approximate surface area is 179 Å². The monoisotopic (exact) mass is 416 g/mol. The number of carbonyl (C=O) groups is 2. The average molecular weight is 417 g/mol. The van der Waals surface area contributed by atoms with E-state index in [1.165, 1.54) is 0 Å². The van der Waals surface area contributed by atoms with Crippen molar-refractivity contribution in [2.24, 2.45) is 11.1 Å². The smallest absolute Gasteiger partial charge is 0.412 e. The van der Waals surface area contributed by atoms with Gasteiger partial charge in [-0.15, -0.1) is 0 Å². The fraction of sp³-hybridized carbons (Fsp3) is 0.667. The minimum absolute atomic E-state index is 0.0429. The number of ether oxygens (including phenoxy) is 2. The maximum absolute atomic E-state index is 13.1. The summed E-state index contributed by atoms with van der Waals surface area (Å²) in [5.41, 5.74) is 6.49. The van der Waals surface area contributed by atoms with E-state index in [0.29, 0.717) is 12.1 Å². The second-order valence-electron chi connectivity index (χ2n) is 11.0. The minimum Gasteiger partial charge on any atom is -0.460 e. The van der Waals surface area contributed by atoms with Gasteiger partial charge in [0.1, 0.15) is 11.2 Å². The summed E-state index contributed by atoms with van der Waals surface area (Å²) in [6, 6.07) is 7.69. The van der Waals surface area contributed by atoms with Crippen molar-refractivity contribution in [3.8, 4) is 0 Å². The lowest BCUT2D eigenvalue weighted by molar-refractivity contribution is -0.175. The Balaban J connectivity index is 1.89. The van der Waals surface area contributed by atoms with Crippen LogP contribution in [0.3, 0.4) is 0 Å². The predicted octanol–water partition coefficient (Wildman–Crippen LogP) is 5.12. The molecule has 166 valence electrons.